The molecule has 6 heteroatoms. The number of aryl methyl sites for hydroxylation is 1. The smallest absolute Gasteiger partial charge is 0.327 e. The second-order valence-corrected chi connectivity index (χ2v) is 3.67. The number of carboxylic acid groups (broad SMARTS) is 1. The number of hydrogen-bond acceptors (Lipinski definition) is 3. The lowest BCUT2D eigenvalue weighted by molar-refractivity contribution is -0.139. The van der Waals surface area contributed by atoms with Crippen LogP contribution in [0.2, 0.25) is 0 Å². The van der Waals surface area contributed by atoms with Crippen molar-refractivity contribution in [2.45, 2.75) is 19.4 Å². The van der Waals surface area contributed by atoms with Crippen LogP contribution in [0.3, 0.4) is 0 Å². The summed E-state index contributed by atoms with van der Waals surface area (Å²) in [5, 5.41) is 11.0. The number of pyridine rings is 1. The lowest BCUT2D eigenvalue weighted by atomic mass is 10.2. The molecule has 18 heavy (non-hydrogen) atoms. The molecule has 0 bridgehead atoms. The van der Waals surface area contributed by atoms with Gasteiger partial charge in [0.25, 0.3) is 5.91 Å². The predicted octanol–water partition coefficient (Wildman–Crippen LogP) is -0.110. The fourth-order valence-electron chi connectivity index (χ4n) is 1.30. The van der Waals surface area contributed by atoms with E-state index >= 15 is 0 Å². The van der Waals surface area contributed by atoms with Crippen molar-refractivity contribution in [1.29, 1.82) is 0 Å². The van der Waals surface area contributed by atoms with Crippen LogP contribution in [0.4, 0.5) is 0 Å². The molecule has 6 nitrogen and oxygen atoms in total. The van der Waals surface area contributed by atoms with Crippen LogP contribution in [0.25, 0.3) is 0 Å². The minimum atomic E-state index is -1.25. The van der Waals surface area contributed by atoms with Crippen molar-refractivity contribution in [3.63, 3.8) is 0 Å². The SMILES string of the molecule is C#CCC(NC(=O)c1c[nH]c(C)cc1=O)C(=O)O. The van der Waals surface area contributed by atoms with Gasteiger partial charge in [-0.15, -0.1) is 12.3 Å². The first kappa shape index (κ1) is 13.5. The number of amides is 1. The van der Waals surface area contributed by atoms with E-state index in [-0.39, 0.29) is 12.0 Å². The first-order chi connectivity index (χ1) is 8.45. The molecule has 1 aromatic heterocycles. The number of carbonyl (C=O) groups is 2. The van der Waals surface area contributed by atoms with Gasteiger partial charge in [0.15, 0.2) is 5.43 Å². The van der Waals surface area contributed by atoms with Crippen molar-refractivity contribution in [2.24, 2.45) is 0 Å². The number of terminal acetylenes is 1. The summed E-state index contributed by atoms with van der Waals surface area (Å²) in [6.07, 6.45) is 6.09. The fraction of sp³-hybridized carbons (Fsp3) is 0.250. The Balaban J connectivity index is 2.91. The van der Waals surface area contributed by atoms with Gasteiger partial charge in [-0.05, 0) is 6.92 Å². The van der Waals surface area contributed by atoms with Crippen LogP contribution in [-0.2, 0) is 4.79 Å². The molecule has 1 heterocycles. The zero-order chi connectivity index (χ0) is 13.7. The standard InChI is InChI=1S/C12H12N2O4/c1-3-4-9(12(17)18)14-11(16)8-6-13-7(2)5-10(8)15/h1,5-6,9H,4H2,2H3,(H,13,15)(H,14,16)(H,17,18). The van der Waals surface area contributed by atoms with E-state index in [1.165, 1.54) is 12.3 Å². The molecule has 1 atom stereocenters. The highest BCUT2D eigenvalue weighted by molar-refractivity contribution is 5.96. The number of carbonyl (C=O) groups excluding carboxylic acids is 1. The lowest BCUT2D eigenvalue weighted by Gasteiger charge is -2.11. The molecule has 0 saturated heterocycles. The van der Waals surface area contributed by atoms with E-state index in [2.05, 4.69) is 16.2 Å². The third kappa shape index (κ3) is 3.22. The summed E-state index contributed by atoms with van der Waals surface area (Å²) in [5.74, 6) is 0.138. The van der Waals surface area contributed by atoms with Crippen LogP contribution in [0.1, 0.15) is 22.5 Å². The second-order valence-electron chi connectivity index (χ2n) is 3.67. The van der Waals surface area contributed by atoms with E-state index in [0.29, 0.717) is 5.69 Å². The highest BCUT2D eigenvalue weighted by atomic mass is 16.4. The molecule has 3 N–H and O–H groups in total. The minimum Gasteiger partial charge on any atom is -0.480 e. The summed E-state index contributed by atoms with van der Waals surface area (Å²) in [6.45, 7) is 1.67. The number of H-pyrrole nitrogens is 1. The normalized spacial score (nSPS) is 11.3. The van der Waals surface area contributed by atoms with Crippen LogP contribution in [0, 0.1) is 19.3 Å². The molecule has 0 saturated carbocycles. The minimum absolute atomic E-state index is 0.148. The monoisotopic (exact) mass is 248 g/mol. The van der Waals surface area contributed by atoms with Gasteiger partial charge in [0, 0.05) is 24.4 Å². The van der Waals surface area contributed by atoms with E-state index < -0.39 is 23.3 Å². The Labute approximate surface area is 103 Å². The van der Waals surface area contributed by atoms with Gasteiger partial charge in [-0.2, -0.15) is 0 Å². The Kier molecular flexibility index (Phi) is 4.27. The molecule has 1 amide bonds. The van der Waals surface area contributed by atoms with Crippen LogP contribution < -0.4 is 10.7 Å². The molecule has 1 unspecified atom stereocenters. The maximum Gasteiger partial charge on any atom is 0.327 e. The Morgan fingerprint density at radius 3 is 2.78 bits per heavy atom. The Hall–Kier alpha value is -2.55. The van der Waals surface area contributed by atoms with Gasteiger partial charge in [-0.1, -0.05) is 0 Å². The van der Waals surface area contributed by atoms with Crippen LogP contribution in [0.15, 0.2) is 17.1 Å². The summed E-state index contributed by atoms with van der Waals surface area (Å²) in [4.78, 5) is 36.7. The van der Waals surface area contributed by atoms with Gasteiger partial charge >= 0.3 is 5.97 Å². The molecule has 94 valence electrons. The van der Waals surface area contributed by atoms with Crippen molar-refractivity contribution >= 4 is 11.9 Å². The number of carboxylic acids is 1. The molecule has 0 spiro atoms. The second kappa shape index (κ2) is 5.68. The number of rotatable bonds is 4. The molecule has 1 aromatic rings. The average molecular weight is 248 g/mol. The summed E-state index contributed by atoms with van der Waals surface area (Å²) < 4.78 is 0. The Morgan fingerprint density at radius 1 is 1.61 bits per heavy atom. The van der Waals surface area contributed by atoms with Gasteiger partial charge in [-0.3, -0.25) is 9.59 Å². The van der Waals surface area contributed by atoms with Crippen molar-refractivity contribution in [1.82, 2.24) is 10.3 Å². The number of hydrogen-bond donors (Lipinski definition) is 3. The molecule has 0 aromatic carbocycles. The van der Waals surface area contributed by atoms with Gasteiger partial charge in [-0.25, -0.2) is 4.79 Å². The molecule has 0 aliphatic carbocycles. The predicted molar refractivity (Wildman–Crippen MR) is 64.1 cm³/mol. The summed E-state index contributed by atoms with van der Waals surface area (Å²) in [5.41, 5.74) is -0.0209. The average Bonchev–Trinajstić information content (AvgIpc) is 2.27. The van der Waals surface area contributed by atoms with Crippen LogP contribution in [0.5, 0.6) is 0 Å². The maximum absolute atomic E-state index is 11.7. The fourth-order valence-corrected chi connectivity index (χ4v) is 1.30. The Morgan fingerprint density at radius 2 is 2.28 bits per heavy atom. The first-order valence-corrected chi connectivity index (χ1v) is 5.12. The van der Waals surface area contributed by atoms with Crippen molar-refractivity contribution < 1.29 is 14.7 Å². The lowest BCUT2D eigenvalue weighted by Crippen LogP contribution is -2.42. The van der Waals surface area contributed by atoms with Gasteiger partial charge < -0.3 is 15.4 Å². The summed E-state index contributed by atoms with van der Waals surface area (Å²) >= 11 is 0. The molecular formula is C12H12N2O4. The summed E-state index contributed by atoms with van der Waals surface area (Å²) in [6, 6.07) is 0.0505. The largest absolute Gasteiger partial charge is 0.480 e. The number of aromatic amines is 1. The number of aromatic nitrogens is 1. The molecular weight excluding hydrogens is 236 g/mol. The molecule has 0 fully saturated rings. The van der Waals surface area contributed by atoms with E-state index in [1.807, 2.05) is 0 Å². The van der Waals surface area contributed by atoms with Crippen LogP contribution in [-0.4, -0.2) is 28.0 Å². The highest BCUT2D eigenvalue weighted by Gasteiger charge is 2.20. The molecule has 0 aliphatic rings. The van der Waals surface area contributed by atoms with E-state index in [0.717, 1.165) is 0 Å². The van der Waals surface area contributed by atoms with Gasteiger partial charge in [0.2, 0.25) is 0 Å². The van der Waals surface area contributed by atoms with Crippen LogP contribution >= 0.6 is 0 Å². The van der Waals surface area contributed by atoms with E-state index in [4.69, 9.17) is 11.5 Å². The first-order valence-electron chi connectivity index (χ1n) is 5.12. The highest BCUT2D eigenvalue weighted by Crippen LogP contribution is 1.96. The van der Waals surface area contributed by atoms with E-state index in [9.17, 15) is 14.4 Å². The maximum atomic E-state index is 11.7. The zero-order valence-corrected chi connectivity index (χ0v) is 9.69. The third-order valence-corrected chi connectivity index (χ3v) is 2.23. The molecule has 0 radical (unpaired) electrons. The third-order valence-electron chi connectivity index (χ3n) is 2.23. The number of aliphatic carboxylic acids is 1. The van der Waals surface area contributed by atoms with Crippen molar-refractivity contribution in [2.75, 3.05) is 0 Å². The summed E-state index contributed by atoms with van der Waals surface area (Å²) in [7, 11) is 0. The van der Waals surface area contributed by atoms with Crippen molar-refractivity contribution in [3.05, 3.63) is 33.7 Å². The molecule has 1 rings (SSSR count). The topological polar surface area (TPSA) is 99.3 Å². The number of nitrogens with one attached hydrogen (secondary N) is 2. The van der Waals surface area contributed by atoms with Gasteiger partial charge in [0.05, 0.1) is 0 Å². The van der Waals surface area contributed by atoms with E-state index in [1.54, 1.807) is 6.92 Å². The molecule has 0 aliphatic heterocycles. The van der Waals surface area contributed by atoms with Gasteiger partial charge in [0.1, 0.15) is 11.6 Å². The zero-order valence-electron chi connectivity index (χ0n) is 9.69. The quantitative estimate of drug-likeness (QED) is 0.647. The Bertz CT molecular complexity index is 568. The van der Waals surface area contributed by atoms with Crippen molar-refractivity contribution in [3.8, 4) is 12.3 Å².